The van der Waals surface area contributed by atoms with E-state index in [2.05, 4.69) is 65.0 Å². The first-order valence-electron chi connectivity index (χ1n) is 8.86. The Hall–Kier alpha value is -0.830. The number of allylic oxidation sites excluding steroid dienone is 2. The van der Waals surface area contributed by atoms with Gasteiger partial charge < -0.3 is 10.8 Å². The molecular weight excluding hydrogens is 318 g/mol. The Balaban J connectivity index is -0.000000313. The first-order chi connectivity index (χ1) is 10.8. The van der Waals surface area contributed by atoms with Gasteiger partial charge in [0.15, 0.2) is 0 Å². The molecule has 0 heterocycles. The van der Waals surface area contributed by atoms with Crippen molar-refractivity contribution >= 4 is 12.4 Å². The molecule has 0 spiro atoms. The molecule has 0 amide bonds. The average molecular weight is 358 g/mol. The summed E-state index contributed by atoms with van der Waals surface area (Å²) in [6.45, 7) is 12.9. The molecule has 2 nitrogen and oxygen atoms in total. The van der Waals surface area contributed by atoms with Gasteiger partial charge in [-0.25, -0.2) is 0 Å². The molecule has 0 aliphatic heterocycles. The van der Waals surface area contributed by atoms with E-state index in [4.69, 9.17) is 10.8 Å². The van der Waals surface area contributed by atoms with Gasteiger partial charge in [0.05, 0.1) is 0 Å². The highest BCUT2D eigenvalue weighted by Crippen LogP contribution is 2.13. The second-order valence-corrected chi connectivity index (χ2v) is 6.47. The molecule has 3 heteroatoms. The number of halogens is 1. The molecule has 24 heavy (non-hydrogen) atoms. The fraction of sp³-hybridized carbons (Fsp3) is 0.619. The van der Waals surface area contributed by atoms with Crippen LogP contribution in [0.1, 0.15) is 72.8 Å². The Kier molecular flexibility index (Phi) is 21.6. The van der Waals surface area contributed by atoms with Gasteiger partial charge in [-0.3, -0.25) is 0 Å². The van der Waals surface area contributed by atoms with Crippen LogP contribution in [0, 0.1) is 0 Å². The van der Waals surface area contributed by atoms with Crippen molar-refractivity contribution < 1.29 is 5.11 Å². The molecule has 0 saturated carbocycles. The summed E-state index contributed by atoms with van der Waals surface area (Å²) >= 11 is 0. The Bertz CT molecular complexity index is 380. The standard InChI is InChI=1S/C11H17N.C5H12O.C5H10.ClH/c1-3-11(2,12)9-10-7-5-4-6-8-10;1-2-3-4-5-6;1-4-5(2)3;/h4-8H,3,9,12H2,1-2H3;6H,2-5H2,1H3;4H,1-3H3;1H. The molecule has 3 N–H and O–H groups in total. The summed E-state index contributed by atoms with van der Waals surface area (Å²) in [7, 11) is 0. The molecule has 1 aromatic rings. The fourth-order valence-corrected chi connectivity index (χ4v) is 1.55. The van der Waals surface area contributed by atoms with Crippen molar-refractivity contribution in [3.63, 3.8) is 0 Å². The van der Waals surface area contributed by atoms with E-state index in [0.717, 1.165) is 25.7 Å². The largest absolute Gasteiger partial charge is 0.396 e. The van der Waals surface area contributed by atoms with E-state index in [0.29, 0.717) is 6.61 Å². The highest BCUT2D eigenvalue weighted by atomic mass is 35.5. The summed E-state index contributed by atoms with van der Waals surface area (Å²) < 4.78 is 0. The molecule has 142 valence electrons. The summed E-state index contributed by atoms with van der Waals surface area (Å²) in [5.74, 6) is 0. The van der Waals surface area contributed by atoms with Gasteiger partial charge in [-0.05, 0) is 52.5 Å². The molecule has 1 rings (SSSR count). The summed E-state index contributed by atoms with van der Waals surface area (Å²) in [4.78, 5) is 0. The van der Waals surface area contributed by atoms with Crippen molar-refractivity contribution in [2.24, 2.45) is 5.73 Å². The molecule has 0 bridgehead atoms. The Morgan fingerprint density at radius 1 is 1.12 bits per heavy atom. The van der Waals surface area contributed by atoms with Crippen LogP contribution in [0.3, 0.4) is 0 Å². The zero-order valence-electron chi connectivity index (χ0n) is 16.6. The minimum atomic E-state index is -0.0542. The van der Waals surface area contributed by atoms with Crippen LogP contribution in [0.15, 0.2) is 42.0 Å². The highest BCUT2D eigenvalue weighted by molar-refractivity contribution is 5.85. The van der Waals surface area contributed by atoms with Crippen molar-refractivity contribution in [1.29, 1.82) is 0 Å². The van der Waals surface area contributed by atoms with Crippen LogP contribution in [-0.2, 0) is 6.42 Å². The lowest BCUT2D eigenvalue weighted by molar-refractivity contribution is 0.284. The number of hydrogen-bond acceptors (Lipinski definition) is 2. The summed E-state index contributed by atoms with van der Waals surface area (Å²) in [6.07, 6.45) is 7.39. The van der Waals surface area contributed by atoms with Gasteiger partial charge in [-0.2, -0.15) is 0 Å². The molecule has 0 saturated heterocycles. The fourth-order valence-electron chi connectivity index (χ4n) is 1.55. The molecule has 1 unspecified atom stereocenters. The topological polar surface area (TPSA) is 46.2 Å². The van der Waals surface area contributed by atoms with E-state index >= 15 is 0 Å². The van der Waals surface area contributed by atoms with Crippen LogP contribution in [-0.4, -0.2) is 17.3 Å². The van der Waals surface area contributed by atoms with Crippen molar-refractivity contribution in [3.8, 4) is 0 Å². The van der Waals surface area contributed by atoms with E-state index in [1.165, 1.54) is 17.6 Å². The zero-order chi connectivity index (χ0) is 18.1. The van der Waals surface area contributed by atoms with Crippen LogP contribution >= 0.6 is 12.4 Å². The van der Waals surface area contributed by atoms with Gasteiger partial charge in [-0.15, -0.1) is 12.4 Å². The number of nitrogens with two attached hydrogens (primary N) is 1. The molecule has 0 aliphatic rings. The number of unbranched alkanes of at least 4 members (excludes halogenated alkanes) is 2. The third-order valence-electron chi connectivity index (χ3n) is 3.60. The zero-order valence-corrected chi connectivity index (χ0v) is 17.5. The maximum Gasteiger partial charge on any atom is 0.0431 e. The predicted octanol–water partition coefficient (Wildman–Crippen LogP) is 5.92. The quantitative estimate of drug-likeness (QED) is 0.490. The number of benzene rings is 1. The normalized spacial score (nSPS) is 11.5. The van der Waals surface area contributed by atoms with Gasteiger partial charge in [0.2, 0.25) is 0 Å². The van der Waals surface area contributed by atoms with Crippen LogP contribution < -0.4 is 5.73 Å². The molecule has 1 atom stereocenters. The van der Waals surface area contributed by atoms with Crippen molar-refractivity contribution in [1.82, 2.24) is 0 Å². The third-order valence-corrected chi connectivity index (χ3v) is 3.60. The minimum Gasteiger partial charge on any atom is -0.396 e. The summed E-state index contributed by atoms with van der Waals surface area (Å²) in [5.41, 5.74) is 8.70. The van der Waals surface area contributed by atoms with Crippen molar-refractivity contribution in [2.45, 2.75) is 79.2 Å². The van der Waals surface area contributed by atoms with E-state index in [1.807, 2.05) is 13.0 Å². The summed E-state index contributed by atoms with van der Waals surface area (Å²) in [5, 5.41) is 8.20. The van der Waals surface area contributed by atoms with E-state index < -0.39 is 0 Å². The second kappa shape index (κ2) is 18.5. The van der Waals surface area contributed by atoms with Gasteiger partial charge in [0, 0.05) is 12.1 Å². The molecular formula is C21H40ClNO. The van der Waals surface area contributed by atoms with Crippen molar-refractivity contribution in [2.75, 3.05) is 6.61 Å². The minimum absolute atomic E-state index is 0. The Morgan fingerprint density at radius 3 is 1.92 bits per heavy atom. The molecule has 0 aromatic heterocycles. The van der Waals surface area contributed by atoms with Crippen LogP contribution in [0.4, 0.5) is 0 Å². The smallest absolute Gasteiger partial charge is 0.0431 e. The monoisotopic (exact) mass is 357 g/mol. The maximum absolute atomic E-state index is 8.20. The van der Waals surface area contributed by atoms with Crippen LogP contribution in [0.25, 0.3) is 0 Å². The number of aliphatic hydroxyl groups is 1. The first-order valence-corrected chi connectivity index (χ1v) is 8.86. The number of aliphatic hydroxyl groups excluding tert-OH is 1. The molecule has 0 fully saturated rings. The van der Waals surface area contributed by atoms with E-state index in [-0.39, 0.29) is 17.9 Å². The SMILES string of the molecule is CC=C(C)C.CCC(C)(N)Cc1ccccc1.CCCCCO.Cl. The van der Waals surface area contributed by atoms with E-state index in [9.17, 15) is 0 Å². The predicted molar refractivity (Wildman–Crippen MR) is 112 cm³/mol. The molecule has 0 radical (unpaired) electrons. The van der Waals surface area contributed by atoms with Gasteiger partial charge in [0.25, 0.3) is 0 Å². The maximum atomic E-state index is 8.20. The number of hydrogen-bond donors (Lipinski definition) is 2. The average Bonchev–Trinajstić information content (AvgIpc) is 2.54. The lowest BCUT2D eigenvalue weighted by Crippen LogP contribution is -2.37. The van der Waals surface area contributed by atoms with Crippen molar-refractivity contribution in [3.05, 3.63) is 47.5 Å². The van der Waals surface area contributed by atoms with Gasteiger partial charge in [0.1, 0.15) is 0 Å². The van der Waals surface area contributed by atoms with Gasteiger partial charge in [-0.1, -0.05) is 68.7 Å². The summed E-state index contributed by atoms with van der Waals surface area (Å²) in [6, 6.07) is 10.4. The highest BCUT2D eigenvalue weighted by Gasteiger charge is 2.15. The van der Waals surface area contributed by atoms with Crippen LogP contribution in [0.2, 0.25) is 0 Å². The molecule has 0 aliphatic carbocycles. The molecule has 1 aromatic carbocycles. The third kappa shape index (κ3) is 21.2. The lowest BCUT2D eigenvalue weighted by Gasteiger charge is -2.22. The Labute approximate surface area is 157 Å². The van der Waals surface area contributed by atoms with Crippen LogP contribution in [0.5, 0.6) is 0 Å². The van der Waals surface area contributed by atoms with E-state index in [1.54, 1.807) is 0 Å². The second-order valence-electron chi connectivity index (χ2n) is 6.47. The Morgan fingerprint density at radius 2 is 1.62 bits per heavy atom. The lowest BCUT2D eigenvalue weighted by atomic mass is 9.92. The number of rotatable bonds is 6. The van der Waals surface area contributed by atoms with Gasteiger partial charge >= 0.3 is 0 Å². The first kappa shape index (κ1) is 28.0.